The van der Waals surface area contributed by atoms with Gasteiger partial charge in [-0.2, -0.15) is 0 Å². The molecule has 1 aromatic carbocycles. The van der Waals surface area contributed by atoms with Gasteiger partial charge in [0, 0.05) is 12.6 Å². The fourth-order valence-corrected chi connectivity index (χ4v) is 4.30. The van der Waals surface area contributed by atoms with E-state index in [0.29, 0.717) is 18.0 Å². The fraction of sp³-hybridized carbons (Fsp3) is 0.263. The number of hydrogen-bond donors (Lipinski definition) is 0. The number of carbonyl (C=O) groups excluding carboxylic acids is 3. The van der Waals surface area contributed by atoms with Crippen LogP contribution in [0.3, 0.4) is 0 Å². The highest BCUT2D eigenvalue weighted by Crippen LogP contribution is 2.28. The van der Waals surface area contributed by atoms with Gasteiger partial charge in [0.1, 0.15) is 5.01 Å². The second-order valence-corrected chi connectivity index (χ2v) is 7.77. The highest BCUT2D eigenvalue weighted by atomic mass is 32.2. The summed E-state index contributed by atoms with van der Waals surface area (Å²) in [5, 5.41) is 1.29. The maximum atomic E-state index is 11.9. The van der Waals surface area contributed by atoms with E-state index >= 15 is 0 Å². The van der Waals surface area contributed by atoms with Crippen LogP contribution in [-0.2, 0) is 23.9 Å². The lowest BCUT2D eigenvalue weighted by Crippen LogP contribution is -2.27. The van der Waals surface area contributed by atoms with Crippen molar-refractivity contribution in [1.82, 2.24) is 9.88 Å². The third-order valence-corrected chi connectivity index (χ3v) is 5.82. The van der Waals surface area contributed by atoms with Crippen molar-refractivity contribution in [3.63, 3.8) is 0 Å². The van der Waals surface area contributed by atoms with Gasteiger partial charge in [-0.15, -0.1) is 11.3 Å². The Morgan fingerprint density at radius 2 is 2.11 bits per heavy atom. The van der Waals surface area contributed by atoms with Gasteiger partial charge >= 0.3 is 11.9 Å². The monoisotopic (exact) mass is 418 g/mol. The number of carbonyl (C=O) groups is 3. The van der Waals surface area contributed by atoms with Crippen molar-refractivity contribution in [2.75, 3.05) is 26.0 Å². The van der Waals surface area contributed by atoms with E-state index in [0.717, 1.165) is 15.2 Å². The van der Waals surface area contributed by atoms with Crippen molar-refractivity contribution < 1.29 is 23.9 Å². The Morgan fingerprint density at radius 3 is 2.89 bits per heavy atom. The number of benzene rings is 1. The maximum absolute atomic E-state index is 11.9. The van der Waals surface area contributed by atoms with Gasteiger partial charge < -0.3 is 14.4 Å². The molecule has 0 unspecified atom stereocenters. The molecule has 1 aliphatic rings. The molecule has 146 valence electrons. The van der Waals surface area contributed by atoms with Crippen molar-refractivity contribution in [2.24, 2.45) is 0 Å². The number of aromatic nitrogens is 1. The molecular formula is C19H18N2O5S2. The third-order valence-electron chi connectivity index (χ3n) is 3.80. The van der Waals surface area contributed by atoms with Crippen molar-refractivity contribution in [2.45, 2.75) is 6.42 Å². The SMILES string of the molecule is COC(=O)/C=C1/SCC(=O)N1CCCOC(=O)/C=C/c1nc2ccccc2s1. The van der Waals surface area contributed by atoms with E-state index in [9.17, 15) is 14.4 Å². The van der Waals surface area contributed by atoms with E-state index in [1.165, 1.54) is 47.3 Å². The van der Waals surface area contributed by atoms with E-state index < -0.39 is 11.9 Å². The first-order chi connectivity index (χ1) is 13.6. The van der Waals surface area contributed by atoms with Crippen LogP contribution in [0.4, 0.5) is 0 Å². The molecule has 0 atom stereocenters. The van der Waals surface area contributed by atoms with Crippen LogP contribution in [0.15, 0.2) is 41.4 Å². The van der Waals surface area contributed by atoms with Crippen molar-refractivity contribution in [1.29, 1.82) is 0 Å². The molecule has 0 radical (unpaired) electrons. The number of fused-ring (bicyclic) bond motifs is 1. The zero-order chi connectivity index (χ0) is 19.9. The predicted molar refractivity (Wildman–Crippen MR) is 109 cm³/mol. The van der Waals surface area contributed by atoms with E-state index in [1.54, 1.807) is 6.08 Å². The molecule has 1 saturated heterocycles. The van der Waals surface area contributed by atoms with Gasteiger partial charge in [0.05, 0.1) is 40.8 Å². The second kappa shape index (κ2) is 9.52. The van der Waals surface area contributed by atoms with Crippen LogP contribution in [0.2, 0.25) is 0 Å². The molecule has 0 saturated carbocycles. The minimum atomic E-state index is -0.506. The highest BCUT2D eigenvalue weighted by Gasteiger charge is 2.26. The Labute approximate surface area is 170 Å². The molecule has 2 heterocycles. The third kappa shape index (κ3) is 5.20. The standard InChI is InChI=1S/C19H18N2O5S2/c1-25-19(24)11-17-21(16(22)12-27-17)9-4-10-26-18(23)8-7-15-20-13-5-2-3-6-14(13)28-15/h2-3,5-8,11H,4,9-10,12H2,1H3/b8-7+,17-11+. The van der Waals surface area contributed by atoms with Crippen LogP contribution in [-0.4, -0.2) is 53.7 Å². The largest absolute Gasteiger partial charge is 0.466 e. The van der Waals surface area contributed by atoms with Gasteiger partial charge in [-0.05, 0) is 24.6 Å². The molecule has 3 rings (SSSR count). The molecule has 1 amide bonds. The van der Waals surface area contributed by atoms with E-state index in [2.05, 4.69) is 9.72 Å². The van der Waals surface area contributed by atoms with Crippen LogP contribution in [0.25, 0.3) is 16.3 Å². The Balaban J connectivity index is 1.45. The van der Waals surface area contributed by atoms with Crippen LogP contribution in [0, 0.1) is 0 Å². The molecule has 28 heavy (non-hydrogen) atoms. The number of amides is 1. The summed E-state index contributed by atoms with van der Waals surface area (Å²) in [4.78, 5) is 41.0. The van der Waals surface area contributed by atoms with Gasteiger partial charge in [-0.1, -0.05) is 23.9 Å². The van der Waals surface area contributed by atoms with Crippen LogP contribution < -0.4 is 0 Å². The summed E-state index contributed by atoms with van der Waals surface area (Å²) in [5.41, 5.74) is 0.893. The van der Waals surface area contributed by atoms with Crippen molar-refractivity contribution >= 4 is 57.2 Å². The van der Waals surface area contributed by atoms with Crippen molar-refractivity contribution in [3.8, 4) is 0 Å². The molecule has 7 nitrogen and oxygen atoms in total. The Morgan fingerprint density at radius 1 is 1.29 bits per heavy atom. The minimum absolute atomic E-state index is 0.0813. The number of nitrogens with zero attached hydrogens (tertiary/aromatic N) is 2. The molecule has 0 bridgehead atoms. The molecule has 0 aliphatic carbocycles. The number of rotatable bonds is 7. The molecule has 2 aromatic rings. The number of thiazole rings is 1. The molecule has 1 fully saturated rings. The van der Waals surface area contributed by atoms with Crippen LogP contribution >= 0.6 is 23.1 Å². The molecular weight excluding hydrogens is 400 g/mol. The summed E-state index contributed by atoms with van der Waals surface area (Å²) >= 11 is 2.78. The van der Waals surface area contributed by atoms with Crippen molar-refractivity contribution in [3.05, 3.63) is 46.5 Å². The number of thioether (sulfide) groups is 1. The first-order valence-corrected chi connectivity index (χ1v) is 10.3. The van der Waals surface area contributed by atoms with Crippen LogP contribution in [0.1, 0.15) is 11.4 Å². The maximum Gasteiger partial charge on any atom is 0.333 e. The summed E-state index contributed by atoms with van der Waals surface area (Å²) in [6.07, 6.45) is 4.73. The zero-order valence-corrected chi connectivity index (χ0v) is 16.8. The first-order valence-electron chi connectivity index (χ1n) is 8.50. The molecule has 1 aliphatic heterocycles. The Hall–Kier alpha value is -2.65. The minimum Gasteiger partial charge on any atom is -0.466 e. The van der Waals surface area contributed by atoms with Gasteiger partial charge in [0.2, 0.25) is 5.91 Å². The highest BCUT2D eigenvalue weighted by molar-refractivity contribution is 8.04. The zero-order valence-electron chi connectivity index (χ0n) is 15.1. The lowest BCUT2D eigenvalue weighted by atomic mass is 10.3. The summed E-state index contributed by atoms with van der Waals surface area (Å²) < 4.78 is 10.8. The number of para-hydroxylation sites is 1. The second-order valence-electron chi connectivity index (χ2n) is 5.71. The topological polar surface area (TPSA) is 85.8 Å². The fourth-order valence-electron chi connectivity index (χ4n) is 2.47. The normalized spacial score (nSPS) is 15.7. The summed E-state index contributed by atoms with van der Waals surface area (Å²) in [6.45, 7) is 0.534. The molecule has 1 aromatic heterocycles. The Bertz CT molecular complexity index is 918. The van der Waals surface area contributed by atoms with E-state index in [4.69, 9.17) is 4.74 Å². The lowest BCUT2D eigenvalue weighted by Gasteiger charge is -2.16. The average molecular weight is 418 g/mol. The number of hydrogen-bond acceptors (Lipinski definition) is 8. The van der Waals surface area contributed by atoms with Gasteiger partial charge in [0.15, 0.2) is 0 Å². The van der Waals surface area contributed by atoms with E-state index in [-0.39, 0.29) is 18.3 Å². The number of esters is 2. The molecule has 0 spiro atoms. The van der Waals surface area contributed by atoms with Gasteiger partial charge in [0.25, 0.3) is 0 Å². The van der Waals surface area contributed by atoms with Gasteiger partial charge in [-0.3, -0.25) is 4.79 Å². The quantitative estimate of drug-likeness (QED) is 0.388. The summed E-state index contributed by atoms with van der Waals surface area (Å²) in [6, 6.07) is 7.75. The Kier molecular flexibility index (Phi) is 6.83. The average Bonchev–Trinajstić information content (AvgIpc) is 3.27. The molecule has 0 N–H and O–H groups in total. The predicted octanol–water partition coefficient (Wildman–Crippen LogP) is 2.83. The smallest absolute Gasteiger partial charge is 0.333 e. The van der Waals surface area contributed by atoms with Crippen LogP contribution in [0.5, 0.6) is 0 Å². The molecule has 9 heteroatoms. The lowest BCUT2D eigenvalue weighted by molar-refractivity contribution is -0.138. The summed E-state index contributed by atoms with van der Waals surface area (Å²) in [7, 11) is 1.28. The van der Waals surface area contributed by atoms with E-state index in [1.807, 2.05) is 24.3 Å². The first kappa shape index (κ1) is 20.1. The summed E-state index contributed by atoms with van der Waals surface area (Å²) in [5.74, 6) is -0.768. The number of methoxy groups -OCH3 is 1. The number of ether oxygens (including phenoxy) is 2. The van der Waals surface area contributed by atoms with Gasteiger partial charge in [-0.25, -0.2) is 14.6 Å².